The maximum absolute atomic E-state index is 12.8. The summed E-state index contributed by atoms with van der Waals surface area (Å²) in [7, 11) is 0. The Morgan fingerprint density at radius 1 is 1.30 bits per heavy atom. The Hall–Kier alpha value is -2.63. The van der Waals surface area contributed by atoms with Crippen molar-refractivity contribution < 1.29 is 4.79 Å². The Labute approximate surface area is 134 Å². The summed E-state index contributed by atoms with van der Waals surface area (Å²) in [5, 5.41) is 4.40. The van der Waals surface area contributed by atoms with Crippen LogP contribution in [0.25, 0.3) is 5.65 Å². The first-order valence-corrected chi connectivity index (χ1v) is 7.94. The second-order valence-electron chi connectivity index (χ2n) is 6.14. The molecule has 0 radical (unpaired) electrons. The van der Waals surface area contributed by atoms with Gasteiger partial charge in [-0.25, -0.2) is 4.98 Å². The maximum atomic E-state index is 12.8. The van der Waals surface area contributed by atoms with E-state index in [2.05, 4.69) is 10.1 Å². The number of amides is 1. The van der Waals surface area contributed by atoms with E-state index in [9.17, 15) is 4.79 Å². The molecular weight excluding hydrogens is 290 g/mol. The summed E-state index contributed by atoms with van der Waals surface area (Å²) in [6, 6.07) is 6.01. The minimum absolute atomic E-state index is 0.00211. The van der Waals surface area contributed by atoms with Crippen molar-refractivity contribution in [2.75, 3.05) is 13.1 Å². The standard InChI is InChI=1S/C17H19N5O/c1-13-9-18-22(10-13)14-5-4-8-21(11-14)17(23)15-12-20-7-3-2-6-16(20)19-15/h2-3,6-7,9-10,12,14H,4-5,8,11H2,1H3/t14-/m0/s1. The molecule has 23 heavy (non-hydrogen) atoms. The van der Waals surface area contributed by atoms with Crippen LogP contribution in [0.2, 0.25) is 0 Å². The van der Waals surface area contributed by atoms with Gasteiger partial charge in [0.05, 0.1) is 12.2 Å². The van der Waals surface area contributed by atoms with Gasteiger partial charge in [0.15, 0.2) is 0 Å². The number of aromatic nitrogens is 4. The van der Waals surface area contributed by atoms with Crippen LogP contribution in [0.15, 0.2) is 43.0 Å². The lowest BCUT2D eigenvalue weighted by Gasteiger charge is -2.32. The number of pyridine rings is 1. The van der Waals surface area contributed by atoms with E-state index < -0.39 is 0 Å². The van der Waals surface area contributed by atoms with E-state index in [1.807, 2.05) is 57.7 Å². The summed E-state index contributed by atoms with van der Waals surface area (Å²) < 4.78 is 3.87. The molecular formula is C17H19N5O. The van der Waals surface area contributed by atoms with Gasteiger partial charge in [-0.15, -0.1) is 0 Å². The smallest absolute Gasteiger partial charge is 0.274 e. The summed E-state index contributed by atoms with van der Waals surface area (Å²) >= 11 is 0. The van der Waals surface area contributed by atoms with Gasteiger partial charge in [0.2, 0.25) is 0 Å². The fraction of sp³-hybridized carbons (Fsp3) is 0.353. The molecule has 0 spiro atoms. The molecule has 1 aliphatic heterocycles. The van der Waals surface area contributed by atoms with Gasteiger partial charge in [0.1, 0.15) is 11.3 Å². The number of fused-ring (bicyclic) bond motifs is 1. The van der Waals surface area contributed by atoms with Crippen molar-refractivity contribution in [2.45, 2.75) is 25.8 Å². The molecule has 0 aliphatic carbocycles. The van der Waals surface area contributed by atoms with Crippen LogP contribution in [0, 0.1) is 6.92 Å². The van der Waals surface area contributed by atoms with Crippen LogP contribution in [0.5, 0.6) is 0 Å². The van der Waals surface area contributed by atoms with E-state index in [0.29, 0.717) is 12.2 Å². The number of hydrogen-bond acceptors (Lipinski definition) is 3. The lowest BCUT2D eigenvalue weighted by molar-refractivity contribution is 0.0667. The molecule has 1 atom stereocenters. The van der Waals surface area contributed by atoms with Crippen molar-refractivity contribution >= 4 is 11.6 Å². The Kier molecular flexibility index (Phi) is 3.37. The molecule has 0 N–H and O–H groups in total. The van der Waals surface area contributed by atoms with Gasteiger partial charge < -0.3 is 9.30 Å². The Morgan fingerprint density at radius 2 is 2.22 bits per heavy atom. The van der Waals surface area contributed by atoms with Crippen molar-refractivity contribution in [2.24, 2.45) is 0 Å². The molecule has 0 bridgehead atoms. The van der Waals surface area contributed by atoms with Crippen LogP contribution in [-0.2, 0) is 0 Å². The van der Waals surface area contributed by atoms with E-state index in [1.54, 1.807) is 6.20 Å². The first kappa shape index (κ1) is 14.0. The number of rotatable bonds is 2. The fourth-order valence-electron chi connectivity index (χ4n) is 3.19. The third-order valence-electron chi connectivity index (χ3n) is 4.37. The van der Waals surface area contributed by atoms with Gasteiger partial charge in [0, 0.05) is 31.7 Å². The highest BCUT2D eigenvalue weighted by Gasteiger charge is 2.27. The predicted molar refractivity (Wildman–Crippen MR) is 86.3 cm³/mol. The number of hydrogen-bond donors (Lipinski definition) is 0. The van der Waals surface area contributed by atoms with Gasteiger partial charge >= 0.3 is 0 Å². The topological polar surface area (TPSA) is 55.4 Å². The molecule has 0 aromatic carbocycles. The molecule has 118 valence electrons. The van der Waals surface area contributed by atoms with Crippen LogP contribution in [0.1, 0.15) is 34.9 Å². The Morgan fingerprint density at radius 3 is 3.00 bits per heavy atom. The molecule has 6 nitrogen and oxygen atoms in total. The zero-order valence-electron chi connectivity index (χ0n) is 13.1. The van der Waals surface area contributed by atoms with Crippen molar-refractivity contribution in [3.05, 3.63) is 54.2 Å². The van der Waals surface area contributed by atoms with Crippen molar-refractivity contribution in [1.29, 1.82) is 0 Å². The van der Waals surface area contributed by atoms with E-state index in [1.165, 1.54) is 0 Å². The van der Waals surface area contributed by atoms with Crippen LogP contribution >= 0.6 is 0 Å². The largest absolute Gasteiger partial charge is 0.335 e. The molecule has 1 fully saturated rings. The lowest BCUT2D eigenvalue weighted by Crippen LogP contribution is -2.41. The number of nitrogens with zero attached hydrogens (tertiary/aromatic N) is 5. The summed E-state index contributed by atoms with van der Waals surface area (Å²) in [6.45, 7) is 3.50. The van der Waals surface area contributed by atoms with Crippen molar-refractivity contribution in [3.8, 4) is 0 Å². The predicted octanol–water partition coefficient (Wildman–Crippen LogP) is 2.32. The molecule has 6 heteroatoms. The van der Waals surface area contributed by atoms with Crippen LogP contribution in [0.4, 0.5) is 0 Å². The highest BCUT2D eigenvalue weighted by molar-refractivity contribution is 5.93. The first-order valence-electron chi connectivity index (χ1n) is 7.94. The molecule has 4 heterocycles. The molecule has 3 aromatic heterocycles. The first-order chi connectivity index (χ1) is 11.2. The minimum atomic E-state index is 0.00211. The van der Waals surface area contributed by atoms with E-state index >= 15 is 0 Å². The van der Waals surface area contributed by atoms with Crippen molar-refractivity contribution in [1.82, 2.24) is 24.1 Å². The van der Waals surface area contributed by atoms with Crippen molar-refractivity contribution in [3.63, 3.8) is 0 Å². The SMILES string of the molecule is Cc1cnn([C@H]2CCCN(C(=O)c3cn4ccccc4n3)C2)c1. The second-order valence-corrected chi connectivity index (χ2v) is 6.14. The monoisotopic (exact) mass is 309 g/mol. The molecule has 1 saturated heterocycles. The summed E-state index contributed by atoms with van der Waals surface area (Å²) in [6.07, 6.45) is 9.66. The fourth-order valence-corrected chi connectivity index (χ4v) is 3.19. The van der Waals surface area contributed by atoms with E-state index in [4.69, 9.17) is 0 Å². The zero-order chi connectivity index (χ0) is 15.8. The second kappa shape index (κ2) is 5.53. The highest BCUT2D eigenvalue weighted by atomic mass is 16.2. The average Bonchev–Trinajstić information content (AvgIpc) is 3.20. The van der Waals surface area contributed by atoms with Gasteiger partial charge in [-0.3, -0.25) is 9.48 Å². The third kappa shape index (κ3) is 2.60. The van der Waals surface area contributed by atoms with Crippen LogP contribution in [-0.4, -0.2) is 43.1 Å². The molecule has 1 amide bonds. The molecule has 0 saturated carbocycles. The third-order valence-corrected chi connectivity index (χ3v) is 4.37. The summed E-state index contributed by atoms with van der Waals surface area (Å²) in [4.78, 5) is 19.1. The number of carbonyl (C=O) groups excluding carboxylic acids is 1. The summed E-state index contributed by atoms with van der Waals surface area (Å²) in [5.74, 6) is 0.00211. The molecule has 1 aliphatic rings. The molecule has 0 unspecified atom stereocenters. The lowest BCUT2D eigenvalue weighted by atomic mass is 10.1. The number of piperidine rings is 1. The van der Waals surface area contributed by atoms with Crippen LogP contribution < -0.4 is 0 Å². The number of carbonyl (C=O) groups is 1. The van der Waals surface area contributed by atoms with Gasteiger partial charge in [-0.05, 0) is 37.5 Å². The van der Waals surface area contributed by atoms with E-state index in [0.717, 1.165) is 30.6 Å². The molecule has 3 aromatic rings. The normalized spacial score (nSPS) is 18.5. The number of imidazole rings is 1. The zero-order valence-corrected chi connectivity index (χ0v) is 13.1. The number of aryl methyl sites for hydroxylation is 1. The van der Waals surface area contributed by atoms with Crippen LogP contribution in [0.3, 0.4) is 0 Å². The summed E-state index contributed by atoms with van der Waals surface area (Å²) in [5.41, 5.74) is 2.45. The number of likely N-dealkylation sites (tertiary alicyclic amines) is 1. The maximum Gasteiger partial charge on any atom is 0.274 e. The van der Waals surface area contributed by atoms with Gasteiger partial charge in [0.25, 0.3) is 5.91 Å². The highest BCUT2D eigenvalue weighted by Crippen LogP contribution is 2.22. The van der Waals surface area contributed by atoms with Gasteiger partial charge in [-0.1, -0.05) is 6.07 Å². The van der Waals surface area contributed by atoms with Gasteiger partial charge in [-0.2, -0.15) is 5.10 Å². The Bertz CT molecular complexity index is 816. The minimum Gasteiger partial charge on any atom is -0.335 e. The Balaban J connectivity index is 1.55. The average molecular weight is 309 g/mol. The molecule has 4 rings (SSSR count). The quantitative estimate of drug-likeness (QED) is 0.730. The van der Waals surface area contributed by atoms with E-state index in [-0.39, 0.29) is 11.9 Å².